The van der Waals surface area contributed by atoms with E-state index < -0.39 is 0 Å². The van der Waals surface area contributed by atoms with E-state index in [2.05, 4.69) is 28.2 Å². The van der Waals surface area contributed by atoms with Gasteiger partial charge < -0.3 is 10.1 Å². The minimum Gasteiger partial charge on any atom is -0.377 e. The van der Waals surface area contributed by atoms with Gasteiger partial charge in [0.15, 0.2) is 0 Å². The Bertz CT molecular complexity index is 460. The second-order valence-corrected chi connectivity index (χ2v) is 6.65. The molecule has 2 rings (SSSR count). The van der Waals surface area contributed by atoms with Crippen LogP contribution in [0, 0.1) is 5.82 Å². The minimum absolute atomic E-state index is 0.125. The summed E-state index contributed by atoms with van der Waals surface area (Å²) in [5, 5.41) is 3.57. The molecule has 1 aliphatic rings. The molecule has 4 heteroatoms. The summed E-state index contributed by atoms with van der Waals surface area (Å²) in [6.07, 6.45) is 6.63. The summed E-state index contributed by atoms with van der Waals surface area (Å²) < 4.78 is 20.3. The van der Waals surface area contributed by atoms with Gasteiger partial charge >= 0.3 is 0 Å². The van der Waals surface area contributed by atoms with Crippen LogP contribution in [-0.4, -0.2) is 25.3 Å². The zero-order chi connectivity index (χ0) is 15.3. The standard InChI is InChI=1S/C17H25BrFNO/c1-3-20-15(17(21-2)10-5-4-6-11-17)12-13-8-7-9-14(19)16(13)18/h7-9,15,20H,3-6,10-12H2,1-2H3. The van der Waals surface area contributed by atoms with Crippen molar-refractivity contribution >= 4 is 15.9 Å². The SMILES string of the molecule is CCNC(Cc1cccc(F)c1Br)C1(OC)CCCCC1. The number of methoxy groups -OCH3 is 1. The minimum atomic E-state index is -0.196. The maximum Gasteiger partial charge on any atom is 0.137 e. The average molecular weight is 358 g/mol. The molecule has 1 aromatic carbocycles. The van der Waals surface area contributed by atoms with Crippen molar-refractivity contribution in [1.29, 1.82) is 0 Å². The van der Waals surface area contributed by atoms with Crippen LogP contribution in [0.4, 0.5) is 4.39 Å². The normalized spacial score (nSPS) is 19.4. The molecule has 1 saturated carbocycles. The molecule has 1 atom stereocenters. The molecule has 1 aliphatic carbocycles. The average Bonchev–Trinajstić information content (AvgIpc) is 2.52. The van der Waals surface area contributed by atoms with E-state index in [1.165, 1.54) is 25.3 Å². The summed E-state index contributed by atoms with van der Waals surface area (Å²) >= 11 is 3.38. The predicted octanol–water partition coefficient (Wildman–Crippen LogP) is 4.46. The molecule has 118 valence electrons. The summed E-state index contributed by atoms with van der Waals surface area (Å²) in [6.45, 7) is 3.00. The Balaban J connectivity index is 2.23. The van der Waals surface area contributed by atoms with Crippen molar-refractivity contribution in [3.63, 3.8) is 0 Å². The molecule has 0 aromatic heterocycles. The molecule has 1 fully saturated rings. The molecule has 0 bridgehead atoms. The van der Waals surface area contributed by atoms with Crippen LogP contribution < -0.4 is 5.32 Å². The highest BCUT2D eigenvalue weighted by Gasteiger charge is 2.39. The number of ether oxygens (including phenoxy) is 1. The molecule has 21 heavy (non-hydrogen) atoms. The number of likely N-dealkylation sites (N-methyl/N-ethyl adjacent to an activating group) is 1. The topological polar surface area (TPSA) is 21.3 Å². The first-order valence-corrected chi connectivity index (χ1v) is 8.63. The highest BCUT2D eigenvalue weighted by atomic mass is 79.9. The Morgan fingerprint density at radius 3 is 2.67 bits per heavy atom. The van der Waals surface area contributed by atoms with E-state index in [1.807, 2.05) is 13.2 Å². The van der Waals surface area contributed by atoms with Crippen molar-refractivity contribution in [2.45, 2.75) is 57.1 Å². The van der Waals surface area contributed by atoms with Gasteiger partial charge in [0.2, 0.25) is 0 Å². The summed E-state index contributed by atoms with van der Waals surface area (Å²) in [4.78, 5) is 0. The zero-order valence-corrected chi connectivity index (χ0v) is 14.5. The van der Waals surface area contributed by atoms with Crippen molar-refractivity contribution in [3.8, 4) is 0 Å². The summed E-state index contributed by atoms with van der Waals surface area (Å²) in [5.41, 5.74) is 0.878. The third-order valence-electron chi connectivity index (χ3n) is 4.65. The summed E-state index contributed by atoms with van der Waals surface area (Å²) in [6, 6.07) is 5.47. The first kappa shape index (κ1) is 16.9. The van der Waals surface area contributed by atoms with Gasteiger partial charge in [-0.05, 0) is 53.4 Å². The third kappa shape index (κ3) is 3.85. The van der Waals surface area contributed by atoms with Gasteiger partial charge in [0.1, 0.15) is 5.82 Å². The summed E-state index contributed by atoms with van der Waals surface area (Å²) in [5.74, 6) is -0.196. The van der Waals surface area contributed by atoms with Crippen LogP contribution >= 0.6 is 15.9 Å². The smallest absolute Gasteiger partial charge is 0.137 e. The van der Waals surface area contributed by atoms with Crippen LogP contribution in [0.25, 0.3) is 0 Å². The molecule has 1 aromatic rings. The fourth-order valence-electron chi connectivity index (χ4n) is 3.46. The van der Waals surface area contributed by atoms with E-state index in [0.717, 1.165) is 31.4 Å². The van der Waals surface area contributed by atoms with E-state index in [-0.39, 0.29) is 17.5 Å². The molecule has 2 nitrogen and oxygen atoms in total. The van der Waals surface area contributed by atoms with Gasteiger partial charge in [-0.25, -0.2) is 4.39 Å². The van der Waals surface area contributed by atoms with E-state index >= 15 is 0 Å². The van der Waals surface area contributed by atoms with Gasteiger partial charge in [-0.1, -0.05) is 38.3 Å². The molecule has 0 spiro atoms. The van der Waals surface area contributed by atoms with Crippen LogP contribution in [0.3, 0.4) is 0 Å². The molecule has 0 aliphatic heterocycles. The first-order chi connectivity index (χ1) is 10.1. The molecular formula is C17H25BrFNO. The van der Waals surface area contributed by atoms with Gasteiger partial charge in [0.05, 0.1) is 10.1 Å². The van der Waals surface area contributed by atoms with Crippen molar-refractivity contribution < 1.29 is 9.13 Å². The first-order valence-electron chi connectivity index (χ1n) is 7.84. The second kappa shape index (κ2) is 7.70. The quantitative estimate of drug-likeness (QED) is 0.811. The maximum atomic E-state index is 13.7. The van der Waals surface area contributed by atoms with E-state index in [0.29, 0.717) is 4.47 Å². The van der Waals surface area contributed by atoms with Crippen LogP contribution in [0.2, 0.25) is 0 Å². The second-order valence-electron chi connectivity index (χ2n) is 5.86. The number of hydrogen-bond donors (Lipinski definition) is 1. The number of rotatable bonds is 6. The van der Waals surface area contributed by atoms with E-state index in [9.17, 15) is 4.39 Å². The molecular weight excluding hydrogens is 333 g/mol. The molecule has 0 radical (unpaired) electrons. The van der Waals surface area contributed by atoms with Crippen molar-refractivity contribution in [3.05, 3.63) is 34.1 Å². The van der Waals surface area contributed by atoms with Crippen LogP contribution in [0.1, 0.15) is 44.6 Å². The van der Waals surface area contributed by atoms with Gasteiger partial charge in [0.25, 0.3) is 0 Å². The van der Waals surface area contributed by atoms with Gasteiger partial charge in [-0.2, -0.15) is 0 Å². The van der Waals surface area contributed by atoms with Crippen LogP contribution in [-0.2, 0) is 11.2 Å². The van der Waals surface area contributed by atoms with Crippen LogP contribution in [0.15, 0.2) is 22.7 Å². The monoisotopic (exact) mass is 357 g/mol. The molecule has 0 heterocycles. The van der Waals surface area contributed by atoms with E-state index in [4.69, 9.17) is 4.74 Å². The zero-order valence-electron chi connectivity index (χ0n) is 12.9. The molecule has 0 saturated heterocycles. The molecule has 0 amide bonds. The predicted molar refractivity (Wildman–Crippen MR) is 88.1 cm³/mol. The fourth-order valence-corrected chi connectivity index (χ4v) is 3.89. The Labute approximate surface area is 135 Å². The number of benzene rings is 1. The highest BCUT2D eigenvalue weighted by Crippen LogP contribution is 2.36. The molecule has 1 N–H and O–H groups in total. The Hall–Kier alpha value is -0.450. The Kier molecular flexibility index (Phi) is 6.20. The summed E-state index contributed by atoms with van der Waals surface area (Å²) in [7, 11) is 1.82. The lowest BCUT2D eigenvalue weighted by atomic mass is 9.77. The lowest BCUT2D eigenvalue weighted by molar-refractivity contribution is -0.0670. The van der Waals surface area contributed by atoms with Gasteiger partial charge in [0, 0.05) is 13.2 Å². The lowest BCUT2D eigenvalue weighted by Crippen LogP contribution is -2.54. The number of halogens is 2. The van der Waals surface area contributed by atoms with Crippen LogP contribution in [0.5, 0.6) is 0 Å². The van der Waals surface area contributed by atoms with Crippen molar-refractivity contribution in [1.82, 2.24) is 5.32 Å². The lowest BCUT2D eigenvalue weighted by Gasteiger charge is -2.43. The van der Waals surface area contributed by atoms with E-state index in [1.54, 1.807) is 6.07 Å². The molecule has 1 unspecified atom stereocenters. The van der Waals surface area contributed by atoms with Crippen molar-refractivity contribution in [2.75, 3.05) is 13.7 Å². The Morgan fingerprint density at radius 1 is 1.33 bits per heavy atom. The fraction of sp³-hybridized carbons (Fsp3) is 0.647. The maximum absolute atomic E-state index is 13.7. The van der Waals surface area contributed by atoms with Crippen molar-refractivity contribution in [2.24, 2.45) is 0 Å². The van der Waals surface area contributed by atoms with Gasteiger partial charge in [-0.15, -0.1) is 0 Å². The number of nitrogens with one attached hydrogen (secondary N) is 1. The third-order valence-corrected chi connectivity index (χ3v) is 5.54. The Morgan fingerprint density at radius 2 is 2.05 bits per heavy atom. The highest BCUT2D eigenvalue weighted by molar-refractivity contribution is 9.10. The largest absolute Gasteiger partial charge is 0.377 e. The number of hydrogen-bond acceptors (Lipinski definition) is 2. The van der Waals surface area contributed by atoms with Gasteiger partial charge in [-0.3, -0.25) is 0 Å².